The van der Waals surface area contributed by atoms with Crippen LogP contribution >= 0.6 is 0 Å². The van der Waals surface area contributed by atoms with Crippen molar-refractivity contribution < 1.29 is 14.6 Å². The molecular weight excluding hydrogens is 232 g/mol. The maximum atomic E-state index is 11.0. The molecule has 0 fully saturated rings. The van der Waals surface area contributed by atoms with E-state index in [0.29, 0.717) is 25.1 Å². The Labute approximate surface area is 106 Å². The van der Waals surface area contributed by atoms with Crippen molar-refractivity contribution in [3.05, 3.63) is 18.2 Å². The van der Waals surface area contributed by atoms with E-state index in [-0.39, 0.29) is 12.0 Å². The number of benzene rings is 1. The number of nitrogens with two attached hydrogens (primary N) is 1. The predicted molar refractivity (Wildman–Crippen MR) is 69.8 cm³/mol. The number of fused-ring (bicyclic) bond motifs is 1. The number of nitrogens with one attached hydrogen (secondary N) is 1. The zero-order valence-electron chi connectivity index (χ0n) is 10.3. The molecule has 5 heteroatoms. The number of carboxylic acids is 1. The van der Waals surface area contributed by atoms with Crippen LogP contribution < -0.4 is 15.8 Å². The molecule has 4 N–H and O–H groups in total. The van der Waals surface area contributed by atoms with Crippen LogP contribution in [0.5, 0.6) is 5.75 Å². The van der Waals surface area contributed by atoms with Crippen molar-refractivity contribution in [1.29, 1.82) is 0 Å². The SMILES string of the molecule is CCC(CC1CNc2cc(N)ccc2O1)C(=O)O. The second kappa shape index (κ2) is 5.16. The number of aliphatic carboxylic acids is 1. The van der Waals surface area contributed by atoms with Gasteiger partial charge in [0, 0.05) is 5.69 Å². The van der Waals surface area contributed by atoms with Crippen molar-refractivity contribution in [2.24, 2.45) is 5.92 Å². The van der Waals surface area contributed by atoms with Gasteiger partial charge in [0.1, 0.15) is 11.9 Å². The van der Waals surface area contributed by atoms with Crippen molar-refractivity contribution in [2.45, 2.75) is 25.9 Å². The van der Waals surface area contributed by atoms with Gasteiger partial charge in [-0.2, -0.15) is 0 Å². The van der Waals surface area contributed by atoms with E-state index in [4.69, 9.17) is 15.6 Å². The normalized spacial score (nSPS) is 19.3. The monoisotopic (exact) mass is 250 g/mol. The summed E-state index contributed by atoms with van der Waals surface area (Å²) in [6, 6.07) is 5.41. The number of hydrogen-bond donors (Lipinski definition) is 3. The van der Waals surface area contributed by atoms with Gasteiger partial charge in [0.15, 0.2) is 0 Å². The minimum Gasteiger partial charge on any atom is -0.486 e. The summed E-state index contributed by atoms with van der Waals surface area (Å²) in [5, 5.41) is 12.3. The second-order valence-corrected chi connectivity index (χ2v) is 4.56. The van der Waals surface area contributed by atoms with Crippen LogP contribution in [0.2, 0.25) is 0 Å². The number of carbonyl (C=O) groups is 1. The average Bonchev–Trinajstić information content (AvgIpc) is 2.35. The fourth-order valence-electron chi connectivity index (χ4n) is 2.12. The van der Waals surface area contributed by atoms with Gasteiger partial charge in [0.05, 0.1) is 18.2 Å². The molecule has 5 nitrogen and oxygen atoms in total. The van der Waals surface area contributed by atoms with Gasteiger partial charge in [-0.15, -0.1) is 0 Å². The molecule has 0 aliphatic carbocycles. The molecule has 0 bridgehead atoms. The first kappa shape index (κ1) is 12.5. The topological polar surface area (TPSA) is 84.6 Å². The summed E-state index contributed by atoms with van der Waals surface area (Å²) in [5.41, 5.74) is 7.24. The van der Waals surface area contributed by atoms with Gasteiger partial charge in [-0.25, -0.2) is 0 Å². The highest BCUT2D eigenvalue weighted by Crippen LogP contribution is 2.32. The van der Waals surface area contributed by atoms with Gasteiger partial charge in [-0.3, -0.25) is 4.79 Å². The third kappa shape index (κ3) is 2.67. The lowest BCUT2D eigenvalue weighted by atomic mass is 9.98. The second-order valence-electron chi connectivity index (χ2n) is 4.56. The molecule has 1 heterocycles. The van der Waals surface area contributed by atoms with Gasteiger partial charge >= 0.3 is 5.97 Å². The fourth-order valence-corrected chi connectivity index (χ4v) is 2.12. The zero-order chi connectivity index (χ0) is 13.1. The molecular formula is C13H18N2O3. The fraction of sp³-hybridized carbons (Fsp3) is 0.462. The van der Waals surface area contributed by atoms with Crippen molar-refractivity contribution in [2.75, 3.05) is 17.6 Å². The quantitative estimate of drug-likeness (QED) is 0.711. The van der Waals surface area contributed by atoms with Crippen molar-refractivity contribution >= 4 is 17.3 Å². The molecule has 98 valence electrons. The van der Waals surface area contributed by atoms with Crippen molar-refractivity contribution in [1.82, 2.24) is 0 Å². The lowest BCUT2D eigenvalue weighted by Gasteiger charge is -2.29. The van der Waals surface area contributed by atoms with Crippen LogP contribution in [-0.2, 0) is 4.79 Å². The predicted octanol–water partition coefficient (Wildman–Crippen LogP) is 1.94. The summed E-state index contributed by atoms with van der Waals surface area (Å²) < 4.78 is 5.79. The van der Waals surface area contributed by atoms with E-state index in [1.165, 1.54) is 0 Å². The molecule has 0 saturated heterocycles. The van der Waals surface area contributed by atoms with Gasteiger partial charge in [0.2, 0.25) is 0 Å². The molecule has 2 unspecified atom stereocenters. The zero-order valence-corrected chi connectivity index (χ0v) is 10.3. The Kier molecular flexibility index (Phi) is 3.60. The minimum absolute atomic E-state index is 0.109. The van der Waals surface area contributed by atoms with Gasteiger partial charge in [-0.1, -0.05) is 6.92 Å². The third-order valence-corrected chi connectivity index (χ3v) is 3.21. The van der Waals surface area contributed by atoms with Crippen LogP contribution in [0.15, 0.2) is 18.2 Å². The van der Waals surface area contributed by atoms with Gasteiger partial charge < -0.3 is 20.9 Å². The first-order valence-corrected chi connectivity index (χ1v) is 6.13. The Morgan fingerprint density at radius 1 is 1.67 bits per heavy atom. The molecule has 0 aromatic heterocycles. The molecule has 18 heavy (non-hydrogen) atoms. The van der Waals surface area contributed by atoms with Crippen LogP contribution in [0.25, 0.3) is 0 Å². The molecule has 0 spiro atoms. The van der Waals surface area contributed by atoms with E-state index in [1.54, 1.807) is 6.07 Å². The molecule has 2 atom stereocenters. The Morgan fingerprint density at radius 2 is 2.44 bits per heavy atom. The smallest absolute Gasteiger partial charge is 0.306 e. The van der Waals surface area contributed by atoms with Crippen LogP contribution in [0.1, 0.15) is 19.8 Å². The molecule has 1 aliphatic rings. The molecule has 1 aromatic carbocycles. The van der Waals surface area contributed by atoms with E-state index in [1.807, 2.05) is 19.1 Å². The highest BCUT2D eigenvalue weighted by molar-refractivity contribution is 5.70. The Morgan fingerprint density at radius 3 is 3.11 bits per heavy atom. The van der Waals surface area contributed by atoms with Gasteiger partial charge in [0.25, 0.3) is 0 Å². The number of carboxylic acid groups (broad SMARTS) is 1. The van der Waals surface area contributed by atoms with E-state index in [2.05, 4.69) is 5.32 Å². The van der Waals surface area contributed by atoms with E-state index in [0.717, 1.165) is 11.4 Å². The first-order chi connectivity index (χ1) is 8.60. The summed E-state index contributed by atoms with van der Waals surface area (Å²) in [5.74, 6) is -0.378. The number of rotatable bonds is 4. The summed E-state index contributed by atoms with van der Waals surface area (Å²) in [7, 11) is 0. The average molecular weight is 250 g/mol. The number of ether oxygens (including phenoxy) is 1. The minimum atomic E-state index is -0.760. The highest BCUT2D eigenvalue weighted by atomic mass is 16.5. The molecule has 1 aromatic rings. The summed E-state index contributed by atoms with van der Waals surface area (Å²) in [6.45, 7) is 2.49. The standard InChI is InChI=1S/C13H18N2O3/c1-2-8(13(16)17)5-10-7-15-11-6-9(14)3-4-12(11)18-10/h3-4,6,8,10,15H,2,5,7,14H2,1H3,(H,16,17). The van der Waals surface area contributed by atoms with E-state index < -0.39 is 5.97 Å². The lowest BCUT2D eigenvalue weighted by Crippen LogP contribution is -2.34. The number of nitrogen functional groups attached to an aromatic ring is 1. The number of hydrogen-bond acceptors (Lipinski definition) is 4. The maximum Gasteiger partial charge on any atom is 0.306 e. The summed E-state index contributed by atoms with van der Waals surface area (Å²) in [4.78, 5) is 11.0. The van der Waals surface area contributed by atoms with Gasteiger partial charge in [-0.05, 0) is 31.0 Å². The molecule has 0 saturated carbocycles. The molecule has 2 rings (SSSR count). The Balaban J connectivity index is 2.03. The Hall–Kier alpha value is -1.91. The number of anilines is 2. The molecule has 0 amide bonds. The van der Waals surface area contributed by atoms with Crippen LogP contribution in [0.3, 0.4) is 0 Å². The maximum absolute atomic E-state index is 11.0. The van der Waals surface area contributed by atoms with E-state index >= 15 is 0 Å². The van der Waals surface area contributed by atoms with Crippen molar-refractivity contribution in [3.8, 4) is 5.75 Å². The van der Waals surface area contributed by atoms with Crippen LogP contribution in [0, 0.1) is 5.92 Å². The molecule has 1 aliphatic heterocycles. The van der Waals surface area contributed by atoms with Crippen molar-refractivity contribution in [3.63, 3.8) is 0 Å². The summed E-state index contributed by atoms with van der Waals surface area (Å²) >= 11 is 0. The highest BCUT2D eigenvalue weighted by Gasteiger charge is 2.25. The molecule has 0 radical (unpaired) electrons. The van der Waals surface area contributed by atoms with Crippen LogP contribution in [0.4, 0.5) is 11.4 Å². The largest absolute Gasteiger partial charge is 0.486 e. The lowest BCUT2D eigenvalue weighted by molar-refractivity contribution is -0.142. The Bertz CT molecular complexity index is 448. The van der Waals surface area contributed by atoms with Crippen LogP contribution in [-0.4, -0.2) is 23.7 Å². The first-order valence-electron chi connectivity index (χ1n) is 6.13. The third-order valence-electron chi connectivity index (χ3n) is 3.21. The van der Waals surface area contributed by atoms with E-state index in [9.17, 15) is 4.79 Å². The summed E-state index contributed by atoms with van der Waals surface area (Å²) in [6.07, 6.45) is 1.02.